The van der Waals surface area contributed by atoms with Crippen molar-refractivity contribution < 1.29 is 19.2 Å². The minimum atomic E-state index is -1.35. The lowest BCUT2D eigenvalue weighted by Crippen LogP contribution is -2.65. The molecule has 1 N–H and O–H groups in total. The quantitative estimate of drug-likeness (QED) is 0.846. The van der Waals surface area contributed by atoms with Crippen LogP contribution in [0.5, 0.6) is 0 Å². The maximum absolute atomic E-state index is 12.9. The number of hydrogen-bond acceptors (Lipinski definition) is 4. The second kappa shape index (κ2) is 6.11. The molecule has 0 spiro atoms. The SMILES string of the molecule is O=C1NC(=O)N(Cc2ccccc2)C(=O)C1N1Cc2ccccc2C1=O. The van der Waals surface area contributed by atoms with E-state index >= 15 is 0 Å². The van der Waals surface area contributed by atoms with E-state index in [-0.39, 0.29) is 19.0 Å². The number of amides is 5. The van der Waals surface area contributed by atoms with Gasteiger partial charge < -0.3 is 4.90 Å². The Balaban J connectivity index is 1.62. The van der Waals surface area contributed by atoms with Gasteiger partial charge in [-0.25, -0.2) is 4.79 Å². The summed E-state index contributed by atoms with van der Waals surface area (Å²) in [6.45, 7) is 0.191. The highest BCUT2D eigenvalue weighted by Gasteiger charge is 2.47. The molecule has 7 nitrogen and oxygen atoms in total. The van der Waals surface area contributed by atoms with Gasteiger partial charge in [-0.3, -0.25) is 24.6 Å². The topological polar surface area (TPSA) is 86.8 Å². The van der Waals surface area contributed by atoms with Gasteiger partial charge in [-0.2, -0.15) is 0 Å². The van der Waals surface area contributed by atoms with Gasteiger partial charge in [0.15, 0.2) is 6.04 Å². The second-order valence-electron chi connectivity index (χ2n) is 6.20. The Morgan fingerprint density at radius 3 is 2.35 bits per heavy atom. The van der Waals surface area contributed by atoms with E-state index in [1.165, 1.54) is 4.90 Å². The molecule has 0 saturated carbocycles. The number of barbiturate groups is 1. The van der Waals surface area contributed by atoms with Crippen molar-refractivity contribution in [1.82, 2.24) is 15.1 Å². The van der Waals surface area contributed by atoms with E-state index in [0.717, 1.165) is 16.0 Å². The molecule has 2 heterocycles. The third-order valence-corrected chi connectivity index (χ3v) is 4.57. The van der Waals surface area contributed by atoms with Gasteiger partial charge in [0.1, 0.15) is 0 Å². The van der Waals surface area contributed by atoms with Crippen molar-refractivity contribution in [1.29, 1.82) is 0 Å². The molecule has 7 heteroatoms. The summed E-state index contributed by atoms with van der Waals surface area (Å²) in [6, 6.07) is 13.8. The summed E-state index contributed by atoms with van der Waals surface area (Å²) in [4.78, 5) is 52.2. The smallest absolute Gasteiger partial charge is 0.314 e. The number of urea groups is 1. The number of benzene rings is 2. The Morgan fingerprint density at radius 2 is 1.62 bits per heavy atom. The van der Waals surface area contributed by atoms with Crippen LogP contribution in [0.25, 0.3) is 0 Å². The van der Waals surface area contributed by atoms with Crippen molar-refractivity contribution in [3.05, 3.63) is 71.3 Å². The van der Waals surface area contributed by atoms with E-state index in [0.29, 0.717) is 5.56 Å². The van der Waals surface area contributed by atoms with Crippen LogP contribution in [0.3, 0.4) is 0 Å². The van der Waals surface area contributed by atoms with Crippen LogP contribution in [-0.2, 0) is 22.7 Å². The van der Waals surface area contributed by atoms with Gasteiger partial charge in [-0.05, 0) is 17.2 Å². The predicted octanol–water partition coefficient (Wildman–Crippen LogP) is 1.29. The Morgan fingerprint density at radius 1 is 0.923 bits per heavy atom. The Kier molecular flexibility index (Phi) is 3.76. The predicted molar refractivity (Wildman–Crippen MR) is 90.6 cm³/mol. The largest absolute Gasteiger partial charge is 0.331 e. The first-order valence-corrected chi connectivity index (χ1v) is 8.15. The summed E-state index contributed by atoms with van der Waals surface area (Å²) < 4.78 is 0. The zero-order valence-corrected chi connectivity index (χ0v) is 13.7. The molecule has 0 aromatic heterocycles. The van der Waals surface area contributed by atoms with Crippen molar-refractivity contribution in [3.63, 3.8) is 0 Å². The first kappa shape index (κ1) is 16.0. The normalized spacial score (nSPS) is 19.6. The summed E-state index contributed by atoms with van der Waals surface area (Å²) in [5.74, 6) is -1.85. The van der Waals surface area contributed by atoms with E-state index in [1.807, 2.05) is 6.07 Å². The van der Waals surface area contributed by atoms with E-state index in [4.69, 9.17) is 0 Å². The van der Waals surface area contributed by atoms with E-state index in [1.54, 1.807) is 48.5 Å². The van der Waals surface area contributed by atoms with Crippen LogP contribution in [0, 0.1) is 0 Å². The van der Waals surface area contributed by atoms with Gasteiger partial charge in [-0.1, -0.05) is 48.5 Å². The second-order valence-corrected chi connectivity index (χ2v) is 6.20. The Hall–Kier alpha value is -3.48. The van der Waals surface area contributed by atoms with Gasteiger partial charge >= 0.3 is 6.03 Å². The van der Waals surface area contributed by atoms with Gasteiger partial charge in [-0.15, -0.1) is 0 Å². The molecule has 130 valence electrons. The minimum Gasteiger partial charge on any atom is -0.314 e. The first-order chi connectivity index (χ1) is 12.6. The summed E-state index contributed by atoms with van der Waals surface area (Å²) >= 11 is 0. The molecule has 0 radical (unpaired) electrons. The molecule has 26 heavy (non-hydrogen) atoms. The van der Waals surface area contributed by atoms with Gasteiger partial charge in [0.05, 0.1) is 6.54 Å². The standard InChI is InChI=1S/C19H15N3O4/c23-16-15(21-11-13-8-4-5-9-14(13)17(21)24)18(25)22(19(26)20-16)10-12-6-2-1-3-7-12/h1-9,15H,10-11H2,(H,20,23,26). The fourth-order valence-corrected chi connectivity index (χ4v) is 3.28. The van der Waals surface area contributed by atoms with Crippen molar-refractivity contribution in [3.8, 4) is 0 Å². The Bertz CT molecular complexity index is 925. The van der Waals surface area contributed by atoms with Crippen molar-refractivity contribution >= 4 is 23.8 Å². The van der Waals surface area contributed by atoms with Crippen LogP contribution in [0.2, 0.25) is 0 Å². The zero-order valence-electron chi connectivity index (χ0n) is 13.7. The third-order valence-electron chi connectivity index (χ3n) is 4.57. The molecule has 5 amide bonds. The van der Waals surface area contributed by atoms with Crippen LogP contribution in [-0.4, -0.2) is 39.6 Å². The fourth-order valence-electron chi connectivity index (χ4n) is 3.28. The van der Waals surface area contributed by atoms with Crippen LogP contribution >= 0.6 is 0 Å². The highest BCUT2D eigenvalue weighted by atomic mass is 16.2. The molecule has 4 rings (SSSR count). The summed E-state index contributed by atoms with van der Waals surface area (Å²) in [6.07, 6.45) is 0. The fraction of sp³-hybridized carbons (Fsp3) is 0.158. The average molecular weight is 349 g/mol. The van der Waals surface area contributed by atoms with Crippen molar-refractivity contribution in [2.75, 3.05) is 0 Å². The summed E-state index contributed by atoms with van der Waals surface area (Å²) in [5.41, 5.74) is 1.98. The van der Waals surface area contributed by atoms with E-state index < -0.39 is 23.9 Å². The van der Waals surface area contributed by atoms with Crippen LogP contribution < -0.4 is 5.32 Å². The summed E-state index contributed by atoms with van der Waals surface area (Å²) in [7, 11) is 0. The number of hydrogen-bond donors (Lipinski definition) is 1. The van der Waals surface area contributed by atoms with E-state index in [9.17, 15) is 19.2 Å². The summed E-state index contributed by atoms with van der Waals surface area (Å²) in [5, 5.41) is 2.19. The molecular formula is C19H15N3O4. The molecule has 1 saturated heterocycles. The number of nitrogens with one attached hydrogen (secondary N) is 1. The van der Waals surface area contributed by atoms with Gasteiger partial charge in [0.2, 0.25) is 0 Å². The molecule has 0 aliphatic carbocycles. The highest BCUT2D eigenvalue weighted by Crippen LogP contribution is 2.26. The lowest BCUT2D eigenvalue weighted by atomic mass is 10.1. The van der Waals surface area contributed by atoms with Crippen molar-refractivity contribution in [2.45, 2.75) is 19.1 Å². The van der Waals surface area contributed by atoms with Crippen LogP contribution in [0.4, 0.5) is 4.79 Å². The number of carbonyl (C=O) groups is 4. The van der Waals surface area contributed by atoms with E-state index in [2.05, 4.69) is 5.32 Å². The lowest BCUT2D eigenvalue weighted by molar-refractivity contribution is -0.143. The van der Waals surface area contributed by atoms with Crippen LogP contribution in [0.15, 0.2) is 54.6 Å². The maximum Gasteiger partial charge on any atom is 0.331 e. The number of nitrogens with zero attached hydrogens (tertiary/aromatic N) is 2. The first-order valence-electron chi connectivity index (χ1n) is 8.15. The Labute approximate surface area is 149 Å². The minimum absolute atomic E-state index is 0.0320. The lowest BCUT2D eigenvalue weighted by Gasteiger charge is -2.34. The zero-order chi connectivity index (χ0) is 18.3. The maximum atomic E-state index is 12.9. The van der Waals surface area contributed by atoms with Crippen LogP contribution in [0.1, 0.15) is 21.5 Å². The molecule has 2 aliphatic heterocycles. The molecule has 0 bridgehead atoms. The number of carbonyl (C=O) groups excluding carboxylic acids is 4. The molecule has 1 atom stereocenters. The number of fused-ring (bicyclic) bond motifs is 1. The van der Waals surface area contributed by atoms with Gasteiger partial charge in [0, 0.05) is 12.1 Å². The third kappa shape index (κ3) is 2.54. The molecule has 2 aliphatic rings. The average Bonchev–Trinajstić information content (AvgIpc) is 2.96. The number of imide groups is 2. The molecular weight excluding hydrogens is 334 g/mol. The molecule has 2 aromatic carbocycles. The molecule has 1 unspecified atom stereocenters. The van der Waals surface area contributed by atoms with Gasteiger partial charge in [0.25, 0.3) is 17.7 Å². The van der Waals surface area contributed by atoms with Crippen molar-refractivity contribution in [2.24, 2.45) is 0 Å². The monoisotopic (exact) mass is 349 g/mol. The highest BCUT2D eigenvalue weighted by molar-refractivity contribution is 6.20. The molecule has 1 fully saturated rings. The molecule has 2 aromatic rings. The number of rotatable bonds is 3.